The highest BCUT2D eigenvalue weighted by Gasteiger charge is 2.30. The fraction of sp³-hybridized carbons (Fsp3) is 0. The molecule has 13 rings (SSSR count). The lowest BCUT2D eigenvalue weighted by atomic mass is 9.73. The SMILES string of the molecule is c1ccc(-c2ccc(-c3c(-c4ccc(-c5ccccc5)cc4)c(-c4ccc(-c5ccccc5)cc4)c(-c4ccc(-c5ccccc5)cc4)c(-c4ccc(-c5ccccc5)cc4)c3-c3ccc(-c4ccccc4)cc3)cc2)cc1. The fourth-order valence-corrected chi connectivity index (χ4v) is 11.2. The van der Waals surface area contributed by atoms with E-state index in [0.717, 1.165) is 33.4 Å². The summed E-state index contributed by atoms with van der Waals surface area (Å²) >= 11 is 0. The van der Waals surface area contributed by atoms with Gasteiger partial charge in [-0.15, -0.1) is 0 Å². The van der Waals surface area contributed by atoms with Gasteiger partial charge in [0.2, 0.25) is 0 Å². The number of hydrogen-bond acceptors (Lipinski definition) is 0. The van der Waals surface area contributed by atoms with E-state index in [9.17, 15) is 0 Å². The molecule has 0 aliphatic rings. The van der Waals surface area contributed by atoms with E-state index in [1.165, 1.54) is 100 Å². The van der Waals surface area contributed by atoms with Gasteiger partial charge in [-0.05, 0) is 134 Å². The molecule has 0 saturated carbocycles. The van der Waals surface area contributed by atoms with Gasteiger partial charge in [-0.2, -0.15) is 0 Å². The highest BCUT2D eigenvalue weighted by Crippen LogP contribution is 2.56. The van der Waals surface area contributed by atoms with E-state index >= 15 is 0 Å². The van der Waals surface area contributed by atoms with Crippen molar-refractivity contribution in [2.75, 3.05) is 0 Å². The largest absolute Gasteiger partial charge is 0.0622 e. The van der Waals surface area contributed by atoms with Gasteiger partial charge in [0, 0.05) is 0 Å². The molecule has 0 amide bonds. The summed E-state index contributed by atoms with van der Waals surface area (Å²) < 4.78 is 0. The average Bonchev–Trinajstić information content (AvgIpc) is 3.67. The van der Waals surface area contributed by atoms with Crippen LogP contribution < -0.4 is 0 Å². The quantitative estimate of drug-likeness (QED) is 0.114. The van der Waals surface area contributed by atoms with Crippen molar-refractivity contribution in [3.63, 3.8) is 0 Å². The van der Waals surface area contributed by atoms with Crippen LogP contribution in [-0.4, -0.2) is 0 Å². The Morgan fingerprint density at radius 2 is 0.167 bits per heavy atom. The first-order valence-corrected chi connectivity index (χ1v) is 26.9. The van der Waals surface area contributed by atoms with Crippen molar-refractivity contribution in [2.24, 2.45) is 0 Å². The lowest BCUT2D eigenvalue weighted by molar-refractivity contribution is 1.50. The van der Waals surface area contributed by atoms with E-state index in [-0.39, 0.29) is 0 Å². The normalized spacial score (nSPS) is 11.1. The topological polar surface area (TPSA) is 0 Å². The van der Waals surface area contributed by atoms with Crippen LogP contribution in [0.2, 0.25) is 0 Å². The maximum Gasteiger partial charge on any atom is -0.00139 e. The zero-order chi connectivity index (χ0) is 52.0. The highest BCUT2D eigenvalue weighted by atomic mass is 14.3. The summed E-state index contributed by atoms with van der Waals surface area (Å²) in [4.78, 5) is 0. The lowest BCUT2D eigenvalue weighted by Gasteiger charge is -2.29. The predicted octanol–water partition coefficient (Wildman–Crippen LogP) is 21.7. The van der Waals surface area contributed by atoms with Gasteiger partial charge in [-0.1, -0.05) is 328 Å². The van der Waals surface area contributed by atoms with Crippen LogP contribution in [0.15, 0.2) is 328 Å². The number of rotatable bonds is 12. The van der Waals surface area contributed by atoms with Crippen molar-refractivity contribution in [1.82, 2.24) is 0 Å². The first-order valence-electron chi connectivity index (χ1n) is 26.9. The molecular weight excluding hydrogens is 937 g/mol. The molecule has 78 heavy (non-hydrogen) atoms. The molecule has 366 valence electrons. The van der Waals surface area contributed by atoms with E-state index in [2.05, 4.69) is 328 Å². The molecule has 0 saturated heterocycles. The van der Waals surface area contributed by atoms with Gasteiger partial charge in [0.15, 0.2) is 0 Å². The Hall–Kier alpha value is -10.1. The monoisotopic (exact) mass is 990 g/mol. The molecule has 0 radical (unpaired) electrons. The van der Waals surface area contributed by atoms with Gasteiger partial charge < -0.3 is 0 Å². The second-order valence-electron chi connectivity index (χ2n) is 19.9. The summed E-state index contributed by atoms with van der Waals surface area (Å²) in [5.41, 5.74) is 28.0. The number of hydrogen-bond donors (Lipinski definition) is 0. The lowest BCUT2D eigenvalue weighted by Crippen LogP contribution is -2.02. The number of benzene rings is 13. The molecular formula is C78H54. The molecule has 0 spiro atoms. The van der Waals surface area contributed by atoms with Crippen molar-refractivity contribution < 1.29 is 0 Å². The zero-order valence-corrected chi connectivity index (χ0v) is 43.2. The molecule has 0 fully saturated rings. The summed E-state index contributed by atoms with van der Waals surface area (Å²) in [6, 6.07) is 120. The first-order chi connectivity index (χ1) is 38.7. The maximum atomic E-state index is 2.35. The Kier molecular flexibility index (Phi) is 13.2. The molecule has 0 heterocycles. The molecule has 0 atom stereocenters. The van der Waals surface area contributed by atoms with E-state index in [0.29, 0.717) is 0 Å². The summed E-state index contributed by atoms with van der Waals surface area (Å²) in [6.07, 6.45) is 0. The Bertz CT molecular complexity index is 3360. The Morgan fingerprint density at radius 1 is 0.0769 bits per heavy atom. The zero-order valence-electron chi connectivity index (χ0n) is 43.2. The molecule has 0 nitrogen and oxygen atoms in total. The average molecular weight is 991 g/mol. The molecule has 0 heteroatoms. The van der Waals surface area contributed by atoms with Gasteiger partial charge in [0.05, 0.1) is 0 Å². The standard InChI is InChI=1S/C78H54/c1-7-19-55(20-8-1)61-31-43-67(44-32-61)73-74(68-45-33-62(34-46-68)56-21-9-2-10-22-56)76(70-49-37-64(38-50-70)58-25-13-4-14-26-58)78(72-53-41-66(42-54-72)60-29-17-6-18-30-60)77(71-51-39-65(40-52-71)59-27-15-5-16-28-59)75(73)69-47-35-63(36-48-69)57-23-11-3-12-24-57/h1-54H. The smallest absolute Gasteiger partial charge is 0.00139 e. The van der Waals surface area contributed by atoms with Crippen LogP contribution in [0.3, 0.4) is 0 Å². The van der Waals surface area contributed by atoms with Gasteiger partial charge in [-0.3, -0.25) is 0 Å². The second kappa shape index (κ2) is 21.6. The Morgan fingerprint density at radius 3 is 0.282 bits per heavy atom. The van der Waals surface area contributed by atoms with Crippen LogP contribution in [0.5, 0.6) is 0 Å². The van der Waals surface area contributed by atoms with E-state index < -0.39 is 0 Å². The molecule has 0 bridgehead atoms. The molecule has 0 aromatic heterocycles. The van der Waals surface area contributed by atoms with Crippen molar-refractivity contribution in [3.8, 4) is 134 Å². The van der Waals surface area contributed by atoms with Crippen LogP contribution >= 0.6 is 0 Å². The highest BCUT2D eigenvalue weighted by molar-refractivity contribution is 6.15. The maximum absolute atomic E-state index is 2.35. The van der Waals surface area contributed by atoms with Gasteiger partial charge >= 0.3 is 0 Å². The van der Waals surface area contributed by atoms with Crippen molar-refractivity contribution in [3.05, 3.63) is 328 Å². The minimum Gasteiger partial charge on any atom is -0.0622 e. The minimum atomic E-state index is 1.13. The van der Waals surface area contributed by atoms with Gasteiger partial charge in [0.1, 0.15) is 0 Å². The molecule has 0 N–H and O–H groups in total. The summed E-state index contributed by atoms with van der Waals surface area (Å²) in [5, 5.41) is 0. The second-order valence-corrected chi connectivity index (χ2v) is 19.9. The fourth-order valence-electron chi connectivity index (χ4n) is 11.2. The summed E-state index contributed by atoms with van der Waals surface area (Å²) in [7, 11) is 0. The molecule has 0 aliphatic carbocycles. The van der Waals surface area contributed by atoms with Crippen LogP contribution in [0.1, 0.15) is 0 Å². The van der Waals surface area contributed by atoms with Crippen LogP contribution in [0.4, 0.5) is 0 Å². The molecule has 13 aromatic rings. The predicted molar refractivity (Wildman–Crippen MR) is 332 cm³/mol. The van der Waals surface area contributed by atoms with Crippen LogP contribution in [0, 0.1) is 0 Å². The van der Waals surface area contributed by atoms with E-state index in [1.54, 1.807) is 0 Å². The van der Waals surface area contributed by atoms with Gasteiger partial charge in [0.25, 0.3) is 0 Å². The van der Waals surface area contributed by atoms with E-state index in [1.807, 2.05) is 0 Å². The molecule has 0 aliphatic heterocycles. The van der Waals surface area contributed by atoms with Crippen LogP contribution in [-0.2, 0) is 0 Å². The van der Waals surface area contributed by atoms with Crippen LogP contribution in [0.25, 0.3) is 134 Å². The minimum absolute atomic E-state index is 1.13. The van der Waals surface area contributed by atoms with E-state index in [4.69, 9.17) is 0 Å². The Labute approximate surface area is 458 Å². The third-order valence-electron chi connectivity index (χ3n) is 15.2. The van der Waals surface area contributed by atoms with Gasteiger partial charge in [-0.25, -0.2) is 0 Å². The summed E-state index contributed by atoms with van der Waals surface area (Å²) in [6.45, 7) is 0. The molecule has 13 aromatic carbocycles. The van der Waals surface area contributed by atoms with Crippen molar-refractivity contribution in [2.45, 2.75) is 0 Å². The third kappa shape index (κ3) is 9.60. The molecule has 0 unspecified atom stereocenters. The third-order valence-corrected chi connectivity index (χ3v) is 15.2. The van der Waals surface area contributed by atoms with Crippen molar-refractivity contribution >= 4 is 0 Å². The summed E-state index contributed by atoms with van der Waals surface area (Å²) in [5.74, 6) is 0. The van der Waals surface area contributed by atoms with Crippen molar-refractivity contribution in [1.29, 1.82) is 0 Å². The Balaban J connectivity index is 1.18. The first kappa shape index (κ1) is 47.6.